The van der Waals surface area contributed by atoms with Gasteiger partial charge in [0.1, 0.15) is 0 Å². The number of fused-ring (bicyclic) bond motifs is 1. The van der Waals surface area contributed by atoms with Gasteiger partial charge in [-0.25, -0.2) is 4.79 Å². The predicted octanol–water partition coefficient (Wildman–Crippen LogP) is 4.13. The number of hydrogen-bond acceptors (Lipinski definition) is 2. The quantitative estimate of drug-likeness (QED) is 0.837. The Morgan fingerprint density at radius 3 is 2.59 bits per heavy atom. The maximum absolute atomic E-state index is 12.8. The third-order valence-corrected chi connectivity index (χ3v) is 4.75. The van der Waals surface area contributed by atoms with Crippen molar-refractivity contribution in [3.8, 4) is 0 Å². The van der Waals surface area contributed by atoms with Crippen molar-refractivity contribution in [2.45, 2.75) is 39.0 Å². The van der Waals surface area contributed by atoms with Crippen molar-refractivity contribution in [3.63, 3.8) is 0 Å². The Labute approximate surface area is 160 Å². The number of urea groups is 1. The Morgan fingerprint density at radius 2 is 1.81 bits per heavy atom. The summed E-state index contributed by atoms with van der Waals surface area (Å²) in [5, 5.41) is 5.85. The first kappa shape index (κ1) is 19.0. The summed E-state index contributed by atoms with van der Waals surface area (Å²) in [6, 6.07) is 15.5. The maximum atomic E-state index is 12.8. The van der Waals surface area contributed by atoms with Crippen LogP contribution in [0.4, 0.5) is 16.2 Å². The molecule has 0 spiro atoms. The molecule has 0 atom stereocenters. The molecule has 0 aromatic heterocycles. The molecule has 0 bridgehead atoms. The molecule has 0 saturated heterocycles. The average molecular weight is 365 g/mol. The van der Waals surface area contributed by atoms with Gasteiger partial charge < -0.3 is 10.6 Å². The van der Waals surface area contributed by atoms with E-state index < -0.39 is 0 Å². The van der Waals surface area contributed by atoms with E-state index in [1.165, 1.54) is 5.56 Å². The summed E-state index contributed by atoms with van der Waals surface area (Å²) in [4.78, 5) is 26.4. The van der Waals surface area contributed by atoms with Crippen LogP contribution in [0.3, 0.4) is 0 Å². The first-order valence-electron chi connectivity index (χ1n) is 9.69. The second kappa shape index (κ2) is 9.21. The van der Waals surface area contributed by atoms with Gasteiger partial charge in [-0.1, -0.05) is 37.3 Å². The standard InChI is InChI=1S/C22H27N3O2/c1-2-14-23-21(26)16-17-10-12-19(13-11-17)24-22(27)25-15-6-5-8-18-7-3-4-9-20(18)25/h3-4,7,9-13H,2,5-6,8,14-16H2,1H3,(H,23,26)(H,24,27). The van der Waals surface area contributed by atoms with Crippen LogP contribution >= 0.6 is 0 Å². The van der Waals surface area contributed by atoms with Gasteiger partial charge in [-0.15, -0.1) is 0 Å². The van der Waals surface area contributed by atoms with Crippen LogP contribution in [-0.2, 0) is 17.6 Å². The van der Waals surface area contributed by atoms with Crippen LogP contribution in [0.15, 0.2) is 48.5 Å². The van der Waals surface area contributed by atoms with Gasteiger partial charge in [-0.2, -0.15) is 0 Å². The number of rotatable bonds is 5. The fraction of sp³-hybridized carbons (Fsp3) is 0.364. The number of aryl methyl sites for hydroxylation is 1. The highest BCUT2D eigenvalue weighted by Gasteiger charge is 2.20. The fourth-order valence-corrected chi connectivity index (χ4v) is 3.31. The maximum Gasteiger partial charge on any atom is 0.326 e. The molecule has 5 heteroatoms. The Hall–Kier alpha value is -2.82. The molecule has 3 amide bonds. The molecule has 0 radical (unpaired) electrons. The second-order valence-corrected chi connectivity index (χ2v) is 6.89. The van der Waals surface area contributed by atoms with Crippen molar-refractivity contribution < 1.29 is 9.59 Å². The number of benzene rings is 2. The number of hydrogen-bond donors (Lipinski definition) is 2. The van der Waals surface area contributed by atoms with Gasteiger partial charge >= 0.3 is 6.03 Å². The summed E-state index contributed by atoms with van der Waals surface area (Å²) < 4.78 is 0. The molecular formula is C22H27N3O2. The Bertz CT molecular complexity index is 786. The molecule has 0 saturated carbocycles. The van der Waals surface area contributed by atoms with Crippen LogP contribution < -0.4 is 15.5 Å². The highest BCUT2D eigenvalue weighted by Crippen LogP contribution is 2.26. The van der Waals surface area contributed by atoms with E-state index in [4.69, 9.17) is 0 Å². The lowest BCUT2D eigenvalue weighted by molar-refractivity contribution is -0.120. The molecule has 27 heavy (non-hydrogen) atoms. The van der Waals surface area contributed by atoms with Gasteiger partial charge in [-0.05, 0) is 55.0 Å². The summed E-state index contributed by atoms with van der Waals surface area (Å²) in [7, 11) is 0. The zero-order valence-electron chi connectivity index (χ0n) is 15.8. The molecule has 2 N–H and O–H groups in total. The van der Waals surface area contributed by atoms with E-state index in [0.717, 1.165) is 49.2 Å². The molecule has 3 rings (SSSR count). The highest BCUT2D eigenvalue weighted by atomic mass is 16.2. The Balaban J connectivity index is 1.63. The van der Waals surface area contributed by atoms with E-state index in [2.05, 4.69) is 16.7 Å². The number of amides is 3. The smallest absolute Gasteiger partial charge is 0.326 e. The van der Waals surface area contributed by atoms with Crippen molar-refractivity contribution in [1.29, 1.82) is 0 Å². The number of carbonyl (C=O) groups is 2. The van der Waals surface area contributed by atoms with E-state index in [0.29, 0.717) is 13.0 Å². The van der Waals surface area contributed by atoms with E-state index in [9.17, 15) is 9.59 Å². The topological polar surface area (TPSA) is 61.4 Å². The minimum atomic E-state index is -0.113. The SMILES string of the molecule is CCCNC(=O)Cc1ccc(NC(=O)N2CCCCc3ccccc32)cc1. The third-order valence-electron chi connectivity index (χ3n) is 4.75. The number of para-hydroxylation sites is 1. The summed E-state index contributed by atoms with van der Waals surface area (Å²) in [5.74, 6) is 0.0230. The lowest BCUT2D eigenvalue weighted by atomic mass is 10.1. The van der Waals surface area contributed by atoms with Crippen LogP contribution in [0.2, 0.25) is 0 Å². The lowest BCUT2D eigenvalue weighted by Gasteiger charge is -2.23. The molecule has 0 aliphatic carbocycles. The molecule has 2 aromatic carbocycles. The predicted molar refractivity (Wildman–Crippen MR) is 109 cm³/mol. The lowest BCUT2D eigenvalue weighted by Crippen LogP contribution is -2.35. The van der Waals surface area contributed by atoms with Crippen molar-refractivity contribution in [2.75, 3.05) is 23.3 Å². The summed E-state index contributed by atoms with van der Waals surface area (Å²) in [6.45, 7) is 3.45. The van der Waals surface area contributed by atoms with Gasteiger partial charge in [0.25, 0.3) is 0 Å². The van der Waals surface area contributed by atoms with Crippen LogP contribution in [0.25, 0.3) is 0 Å². The summed E-state index contributed by atoms with van der Waals surface area (Å²) in [6.07, 6.45) is 4.38. The van der Waals surface area contributed by atoms with Gasteiger partial charge in [0, 0.05) is 24.5 Å². The Kier molecular flexibility index (Phi) is 6.47. The number of anilines is 2. The minimum Gasteiger partial charge on any atom is -0.356 e. The molecule has 2 aromatic rings. The second-order valence-electron chi connectivity index (χ2n) is 6.89. The van der Waals surface area contributed by atoms with E-state index >= 15 is 0 Å². The van der Waals surface area contributed by atoms with Gasteiger partial charge in [-0.3, -0.25) is 9.69 Å². The number of carbonyl (C=O) groups excluding carboxylic acids is 2. The Morgan fingerprint density at radius 1 is 1.04 bits per heavy atom. The fourth-order valence-electron chi connectivity index (χ4n) is 3.31. The van der Waals surface area contributed by atoms with Crippen molar-refractivity contribution >= 4 is 23.3 Å². The average Bonchev–Trinajstić information content (AvgIpc) is 2.90. The molecule has 0 fully saturated rings. The molecule has 5 nitrogen and oxygen atoms in total. The van der Waals surface area contributed by atoms with E-state index in [1.807, 2.05) is 54.3 Å². The van der Waals surface area contributed by atoms with Crippen molar-refractivity contribution in [3.05, 3.63) is 59.7 Å². The summed E-state index contributed by atoms with van der Waals surface area (Å²) in [5.41, 5.74) is 3.89. The molecular weight excluding hydrogens is 338 g/mol. The van der Waals surface area contributed by atoms with Crippen LogP contribution in [0.1, 0.15) is 37.3 Å². The van der Waals surface area contributed by atoms with Crippen LogP contribution in [-0.4, -0.2) is 25.0 Å². The summed E-state index contributed by atoms with van der Waals surface area (Å²) >= 11 is 0. The highest BCUT2D eigenvalue weighted by molar-refractivity contribution is 6.02. The number of nitrogens with zero attached hydrogens (tertiary/aromatic N) is 1. The molecule has 1 aliphatic heterocycles. The van der Waals surface area contributed by atoms with Gasteiger partial charge in [0.15, 0.2) is 0 Å². The normalized spacial score (nSPS) is 13.4. The molecule has 1 aliphatic rings. The van der Waals surface area contributed by atoms with Crippen molar-refractivity contribution in [1.82, 2.24) is 5.32 Å². The zero-order valence-corrected chi connectivity index (χ0v) is 15.8. The van der Waals surface area contributed by atoms with E-state index in [-0.39, 0.29) is 11.9 Å². The number of nitrogens with one attached hydrogen (secondary N) is 2. The third kappa shape index (κ3) is 5.09. The largest absolute Gasteiger partial charge is 0.356 e. The molecule has 1 heterocycles. The minimum absolute atomic E-state index is 0.0230. The molecule has 142 valence electrons. The monoisotopic (exact) mass is 365 g/mol. The zero-order chi connectivity index (χ0) is 19.1. The van der Waals surface area contributed by atoms with E-state index in [1.54, 1.807) is 0 Å². The van der Waals surface area contributed by atoms with Gasteiger partial charge in [0.05, 0.1) is 6.42 Å². The van der Waals surface area contributed by atoms with Crippen LogP contribution in [0, 0.1) is 0 Å². The van der Waals surface area contributed by atoms with Crippen LogP contribution in [0.5, 0.6) is 0 Å². The van der Waals surface area contributed by atoms with Gasteiger partial charge in [0.2, 0.25) is 5.91 Å². The van der Waals surface area contributed by atoms with Crippen molar-refractivity contribution in [2.24, 2.45) is 0 Å². The molecule has 0 unspecified atom stereocenters. The first-order valence-corrected chi connectivity index (χ1v) is 9.69. The first-order chi connectivity index (χ1) is 13.2.